The van der Waals surface area contributed by atoms with Gasteiger partial charge in [0.15, 0.2) is 11.9 Å². The van der Waals surface area contributed by atoms with Crippen molar-refractivity contribution in [3.05, 3.63) is 41.1 Å². The molecule has 1 aromatic carbocycles. The van der Waals surface area contributed by atoms with Crippen LogP contribution in [0, 0.1) is 5.92 Å². The smallest absolute Gasteiger partial charge is 0.416 e. The Balaban J connectivity index is 1.28. The molecule has 0 aliphatic carbocycles. The van der Waals surface area contributed by atoms with E-state index in [0.29, 0.717) is 37.6 Å². The van der Waals surface area contributed by atoms with E-state index in [9.17, 15) is 18.0 Å². The van der Waals surface area contributed by atoms with Crippen LogP contribution in [0.15, 0.2) is 24.3 Å². The van der Waals surface area contributed by atoms with Crippen LogP contribution in [0.25, 0.3) is 0 Å². The van der Waals surface area contributed by atoms with Crippen molar-refractivity contribution in [2.75, 3.05) is 19.8 Å². The number of aromatic nitrogens is 2. The number of nitrogens with one attached hydrogen (secondary N) is 1. The molecule has 1 aromatic heterocycles. The van der Waals surface area contributed by atoms with E-state index in [1.807, 2.05) is 0 Å². The number of benzene rings is 1. The number of fused-ring (bicyclic) bond motifs is 2. The van der Waals surface area contributed by atoms with E-state index in [-0.39, 0.29) is 29.7 Å². The Labute approximate surface area is 180 Å². The molecule has 32 heavy (non-hydrogen) atoms. The summed E-state index contributed by atoms with van der Waals surface area (Å²) < 4.78 is 72.3. The van der Waals surface area contributed by atoms with Gasteiger partial charge in [-0.15, -0.1) is 0 Å². The van der Waals surface area contributed by atoms with E-state index < -0.39 is 29.9 Å². The van der Waals surface area contributed by atoms with Gasteiger partial charge in [0, 0.05) is 37.1 Å². The van der Waals surface area contributed by atoms with Crippen LogP contribution in [0.3, 0.4) is 0 Å². The summed E-state index contributed by atoms with van der Waals surface area (Å²) in [6.45, 7) is 1.72. The summed E-state index contributed by atoms with van der Waals surface area (Å²) >= 11 is 0. The number of aryl methyl sites for hydroxylation is 1. The molecule has 3 aliphatic rings. The Hall–Kier alpha value is -2.82. The Kier molecular flexibility index (Phi) is 5.23. The maximum atomic E-state index is 15.0. The first-order valence-corrected chi connectivity index (χ1v) is 10.4. The zero-order chi connectivity index (χ0) is 22.5. The molecule has 0 saturated carbocycles. The van der Waals surface area contributed by atoms with Crippen molar-refractivity contribution in [1.82, 2.24) is 15.1 Å². The summed E-state index contributed by atoms with van der Waals surface area (Å²) in [5.41, 5.74) is -1.17. The standard InChI is InChI=1S/C21H21F4N3O4/c22-19-13-7-12(21(23,24)25)1-2-17(13)31-10-15(19)26-20(29)14-8-18-28(27-14)5-3-16(32-18)11-4-6-30-9-11/h1-2,7-8,11,15-16,19H,3-6,9-10H2,(H,26,29)/t11?,15-,16?,19?/m0/s1. The number of hydrogen-bond acceptors (Lipinski definition) is 5. The average molecular weight is 455 g/mol. The molecule has 0 bridgehead atoms. The summed E-state index contributed by atoms with van der Waals surface area (Å²) in [4.78, 5) is 12.7. The van der Waals surface area contributed by atoms with Crippen molar-refractivity contribution < 1.29 is 36.6 Å². The topological polar surface area (TPSA) is 74.6 Å². The Bertz CT molecular complexity index is 1020. The lowest BCUT2D eigenvalue weighted by Gasteiger charge is -2.29. The average Bonchev–Trinajstić information content (AvgIpc) is 3.44. The number of carbonyl (C=O) groups excluding carboxylic acids is 1. The maximum Gasteiger partial charge on any atom is 0.416 e. The molecule has 1 amide bonds. The van der Waals surface area contributed by atoms with Gasteiger partial charge in [-0.25, -0.2) is 9.07 Å². The molecule has 2 aromatic rings. The highest BCUT2D eigenvalue weighted by atomic mass is 19.4. The predicted octanol–water partition coefficient (Wildman–Crippen LogP) is 3.29. The van der Waals surface area contributed by atoms with Crippen LogP contribution in [-0.4, -0.2) is 47.7 Å². The first-order valence-electron chi connectivity index (χ1n) is 10.4. The number of amides is 1. The lowest BCUT2D eigenvalue weighted by atomic mass is 9.98. The molecule has 3 unspecified atom stereocenters. The molecule has 1 N–H and O–H groups in total. The Morgan fingerprint density at radius 2 is 2.03 bits per heavy atom. The first kappa shape index (κ1) is 21.0. The molecule has 4 heterocycles. The van der Waals surface area contributed by atoms with Crippen LogP contribution >= 0.6 is 0 Å². The van der Waals surface area contributed by atoms with Gasteiger partial charge in [-0.3, -0.25) is 4.79 Å². The minimum absolute atomic E-state index is 0.0149. The number of alkyl halides is 4. The van der Waals surface area contributed by atoms with Crippen LogP contribution in [0.1, 0.15) is 40.6 Å². The van der Waals surface area contributed by atoms with Gasteiger partial charge in [-0.2, -0.15) is 18.3 Å². The predicted molar refractivity (Wildman–Crippen MR) is 102 cm³/mol. The quantitative estimate of drug-likeness (QED) is 0.720. The van der Waals surface area contributed by atoms with E-state index in [0.717, 1.165) is 25.0 Å². The molecule has 172 valence electrons. The number of nitrogens with zero attached hydrogens (tertiary/aromatic N) is 2. The van der Waals surface area contributed by atoms with Gasteiger partial charge >= 0.3 is 6.18 Å². The molecular weight excluding hydrogens is 434 g/mol. The van der Waals surface area contributed by atoms with Crippen molar-refractivity contribution in [2.45, 2.75) is 43.9 Å². The molecule has 5 rings (SSSR count). The molecule has 1 saturated heterocycles. The minimum atomic E-state index is -4.61. The number of ether oxygens (including phenoxy) is 3. The largest absolute Gasteiger partial charge is 0.491 e. The van der Waals surface area contributed by atoms with E-state index in [4.69, 9.17) is 14.2 Å². The van der Waals surface area contributed by atoms with Gasteiger partial charge in [0.05, 0.1) is 18.2 Å². The molecule has 3 aliphatic heterocycles. The summed E-state index contributed by atoms with van der Waals surface area (Å²) in [5.74, 6) is 0.131. The highest BCUT2D eigenvalue weighted by molar-refractivity contribution is 5.92. The van der Waals surface area contributed by atoms with Gasteiger partial charge < -0.3 is 19.5 Å². The SMILES string of the molecule is O=C(N[C@H]1COc2ccc(C(F)(F)F)cc2C1F)c1cc2n(n1)CCC(C1CCOC1)O2. The van der Waals surface area contributed by atoms with E-state index in [1.165, 1.54) is 6.07 Å². The van der Waals surface area contributed by atoms with Crippen molar-refractivity contribution in [3.63, 3.8) is 0 Å². The number of carbonyl (C=O) groups is 1. The van der Waals surface area contributed by atoms with E-state index in [1.54, 1.807) is 4.68 Å². The zero-order valence-corrected chi connectivity index (χ0v) is 16.9. The zero-order valence-electron chi connectivity index (χ0n) is 16.9. The second-order valence-electron chi connectivity index (χ2n) is 8.20. The third-order valence-corrected chi connectivity index (χ3v) is 6.09. The molecule has 0 radical (unpaired) electrons. The third-order valence-electron chi connectivity index (χ3n) is 6.09. The summed E-state index contributed by atoms with van der Waals surface area (Å²) in [6, 6.07) is 2.99. The highest BCUT2D eigenvalue weighted by Gasteiger charge is 2.37. The Morgan fingerprint density at radius 3 is 2.78 bits per heavy atom. The van der Waals surface area contributed by atoms with Crippen LogP contribution < -0.4 is 14.8 Å². The molecular formula is C21H21F4N3O4. The molecule has 0 spiro atoms. The van der Waals surface area contributed by atoms with Crippen molar-refractivity contribution in [1.29, 1.82) is 0 Å². The third kappa shape index (κ3) is 3.89. The van der Waals surface area contributed by atoms with Crippen LogP contribution in [0.2, 0.25) is 0 Å². The minimum Gasteiger partial charge on any atom is -0.491 e. The van der Waals surface area contributed by atoms with Crippen molar-refractivity contribution >= 4 is 5.91 Å². The van der Waals surface area contributed by atoms with Gasteiger partial charge in [0.25, 0.3) is 5.91 Å². The van der Waals surface area contributed by atoms with E-state index >= 15 is 4.39 Å². The molecule has 1 fully saturated rings. The fourth-order valence-corrected chi connectivity index (χ4v) is 4.32. The van der Waals surface area contributed by atoms with Crippen molar-refractivity contribution in [2.24, 2.45) is 5.92 Å². The second kappa shape index (κ2) is 7.95. The monoisotopic (exact) mass is 455 g/mol. The van der Waals surface area contributed by atoms with Gasteiger partial charge in [-0.05, 0) is 24.6 Å². The molecule has 7 nitrogen and oxygen atoms in total. The van der Waals surface area contributed by atoms with Crippen LogP contribution in [0.4, 0.5) is 17.6 Å². The number of halogens is 4. The van der Waals surface area contributed by atoms with E-state index in [2.05, 4.69) is 10.4 Å². The first-order chi connectivity index (χ1) is 15.3. The summed E-state index contributed by atoms with van der Waals surface area (Å²) in [6.07, 6.45) is -4.82. The number of hydrogen-bond donors (Lipinski definition) is 1. The number of rotatable bonds is 3. The lowest BCUT2D eigenvalue weighted by molar-refractivity contribution is -0.137. The second-order valence-corrected chi connectivity index (χ2v) is 8.20. The van der Waals surface area contributed by atoms with Crippen LogP contribution in [0.5, 0.6) is 11.6 Å². The fourth-order valence-electron chi connectivity index (χ4n) is 4.32. The maximum absolute atomic E-state index is 15.0. The highest BCUT2D eigenvalue weighted by Crippen LogP contribution is 2.39. The lowest BCUT2D eigenvalue weighted by Crippen LogP contribution is -2.44. The van der Waals surface area contributed by atoms with Crippen molar-refractivity contribution in [3.8, 4) is 11.6 Å². The molecule has 4 atom stereocenters. The van der Waals surface area contributed by atoms with Crippen LogP contribution in [-0.2, 0) is 17.5 Å². The fraction of sp³-hybridized carbons (Fsp3) is 0.524. The Morgan fingerprint density at radius 1 is 1.19 bits per heavy atom. The van der Waals surface area contributed by atoms with Gasteiger partial charge in [0.1, 0.15) is 18.5 Å². The van der Waals surface area contributed by atoms with Gasteiger partial charge in [-0.1, -0.05) is 0 Å². The normalized spacial score (nSPS) is 27.1. The molecule has 11 heteroatoms. The summed E-state index contributed by atoms with van der Waals surface area (Å²) in [5, 5.41) is 6.72. The summed E-state index contributed by atoms with van der Waals surface area (Å²) in [7, 11) is 0. The van der Waals surface area contributed by atoms with Gasteiger partial charge in [0.2, 0.25) is 5.88 Å².